The van der Waals surface area contributed by atoms with Gasteiger partial charge < -0.3 is 15.0 Å². The Morgan fingerprint density at radius 2 is 1.90 bits per heavy atom. The van der Waals surface area contributed by atoms with E-state index in [1.165, 1.54) is 48.3 Å². The summed E-state index contributed by atoms with van der Waals surface area (Å²) >= 11 is 0. The fourth-order valence-electron chi connectivity index (χ4n) is 2.29. The van der Waals surface area contributed by atoms with Crippen LogP contribution >= 0.6 is 0 Å². The van der Waals surface area contributed by atoms with Gasteiger partial charge in [0.05, 0.1) is 4.92 Å². The summed E-state index contributed by atoms with van der Waals surface area (Å²) in [4.78, 5) is 47.0. The molecule has 0 bridgehead atoms. The minimum Gasteiger partial charge on any atom is -0.454 e. The molecule has 29 heavy (non-hydrogen) atoms. The molecule has 2 aromatic carbocycles. The molecule has 10 heteroatoms. The van der Waals surface area contributed by atoms with Crippen LogP contribution in [-0.2, 0) is 20.9 Å². The Bertz CT molecular complexity index is 934. The van der Waals surface area contributed by atoms with E-state index < -0.39 is 41.7 Å². The largest absolute Gasteiger partial charge is 0.454 e. The highest BCUT2D eigenvalue weighted by molar-refractivity contribution is 5.96. The number of halogens is 1. The first kappa shape index (κ1) is 21.5. The lowest BCUT2D eigenvalue weighted by atomic mass is 10.2. The third kappa shape index (κ3) is 6.38. The van der Waals surface area contributed by atoms with Crippen molar-refractivity contribution < 1.29 is 28.4 Å². The first-order chi connectivity index (χ1) is 13.8. The van der Waals surface area contributed by atoms with E-state index in [0.29, 0.717) is 5.56 Å². The smallest absolute Gasteiger partial charge is 0.325 e. The van der Waals surface area contributed by atoms with E-state index in [-0.39, 0.29) is 17.8 Å². The van der Waals surface area contributed by atoms with E-state index in [2.05, 4.69) is 5.32 Å². The van der Waals surface area contributed by atoms with Crippen LogP contribution in [0, 0.1) is 15.9 Å². The van der Waals surface area contributed by atoms with Gasteiger partial charge in [-0.05, 0) is 12.1 Å². The van der Waals surface area contributed by atoms with Crippen LogP contribution in [0.25, 0.3) is 0 Å². The second-order valence-electron chi connectivity index (χ2n) is 5.99. The fourth-order valence-corrected chi connectivity index (χ4v) is 2.29. The van der Waals surface area contributed by atoms with Crippen molar-refractivity contribution in [2.24, 2.45) is 0 Å². The van der Waals surface area contributed by atoms with Gasteiger partial charge in [-0.1, -0.05) is 24.3 Å². The monoisotopic (exact) mass is 403 g/mol. The third-order valence-electron chi connectivity index (χ3n) is 3.86. The van der Waals surface area contributed by atoms with Crippen LogP contribution < -0.4 is 5.32 Å². The zero-order valence-corrected chi connectivity index (χ0v) is 15.5. The Morgan fingerprint density at radius 3 is 2.59 bits per heavy atom. The number of non-ortho nitro benzene ring substituents is 1. The second kappa shape index (κ2) is 9.93. The number of nitrogens with one attached hydrogen (secondary N) is 1. The van der Waals surface area contributed by atoms with Crippen LogP contribution in [-0.4, -0.2) is 47.8 Å². The molecule has 0 aliphatic rings. The van der Waals surface area contributed by atoms with Gasteiger partial charge in [0, 0.05) is 36.9 Å². The molecule has 0 aromatic heterocycles. The summed E-state index contributed by atoms with van der Waals surface area (Å²) < 4.78 is 18.4. The molecule has 0 saturated heterocycles. The molecule has 9 nitrogen and oxygen atoms in total. The average molecular weight is 403 g/mol. The number of ether oxygens (including phenoxy) is 1. The van der Waals surface area contributed by atoms with Crippen molar-refractivity contribution in [3.05, 3.63) is 75.6 Å². The van der Waals surface area contributed by atoms with Crippen LogP contribution in [0.2, 0.25) is 0 Å². The Hall–Kier alpha value is -3.82. The molecule has 2 amide bonds. The molecule has 2 rings (SSSR count). The van der Waals surface area contributed by atoms with Crippen molar-refractivity contribution in [2.75, 3.05) is 20.2 Å². The predicted octanol–water partition coefficient (Wildman–Crippen LogP) is 1.67. The summed E-state index contributed by atoms with van der Waals surface area (Å²) in [6.07, 6.45) is 0. The van der Waals surface area contributed by atoms with Crippen molar-refractivity contribution >= 4 is 23.5 Å². The normalized spacial score (nSPS) is 10.1. The Labute approximate surface area is 165 Å². The topological polar surface area (TPSA) is 119 Å². The lowest BCUT2D eigenvalue weighted by molar-refractivity contribution is -0.384. The molecular weight excluding hydrogens is 385 g/mol. The van der Waals surface area contributed by atoms with Gasteiger partial charge in [0.15, 0.2) is 6.61 Å². The quantitative estimate of drug-likeness (QED) is 0.407. The molecule has 0 atom stereocenters. The van der Waals surface area contributed by atoms with E-state index >= 15 is 0 Å². The summed E-state index contributed by atoms with van der Waals surface area (Å²) in [6, 6.07) is 11.0. The number of nitro benzene ring substituents is 1. The molecular formula is C19H18FN3O6. The van der Waals surface area contributed by atoms with Gasteiger partial charge >= 0.3 is 5.97 Å². The number of nitrogens with zero attached hydrogens (tertiary/aromatic N) is 2. The number of benzene rings is 2. The number of carbonyl (C=O) groups excluding carboxylic acids is 3. The Morgan fingerprint density at radius 1 is 1.17 bits per heavy atom. The molecule has 0 heterocycles. The van der Waals surface area contributed by atoms with E-state index in [1.807, 2.05) is 0 Å². The molecule has 0 radical (unpaired) electrons. The minimum absolute atomic E-state index is 0.00653. The zero-order chi connectivity index (χ0) is 21.4. The summed E-state index contributed by atoms with van der Waals surface area (Å²) in [5.41, 5.74) is 0.0651. The maximum absolute atomic E-state index is 13.6. The Kier molecular flexibility index (Phi) is 7.35. The van der Waals surface area contributed by atoms with Crippen molar-refractivity contribution in [2.45, 2.75) is 6.54 Å². The van der Waals surface area contributed by atoms with E-state index in [1.54, 1.807) is 6.07 Å². The number of nitro groups is 1. The maximum atomic E-state index is 13.6. The number of hydrogen-bond donors (Lipinski definition) is 1. The lowest BCUT2D eigenvalue weighted by Crippen LogP contribution is -2.34. The minimum atomic E-state index is -0.864. The van der Waals surface area contributed by atoms with Crippen LogP contribution in [0.1, 0.15) is 15.9 Å². The van der Waals surface area contributed by atoms with Crippen molar-refractivity contribution in [3.63, 3.8) is 0 Å². The number of amides is 2. The number of rotatable bonds is 8. The van der Waals surface area contributed by atoms with Gasteiger partial charge in [-0.15, -0.1) is 0 Å². The van der Waals surface area contributed by atoms with Gasteiger partial charge in [0.25, 0.3) is 17.5 Å². The maximum Gasteiger partial charge on any atom is 0.325 e. The fraction of sp³-hybridized carbons (Fsp3) is 0.211. The molecule has 152 valence electrons. The van der Waals surface area contributed by atoms with Gasteiger partial charge in [0.2, 0.25) is 0 Å². The standard InChI is InChI=1S/C19H18FN3O6/c1-22(11-14-5-2-3-8-16(14)20)17(24)12-29-18(25)10-21-19(26)13-6-4-7-15(9-13)23(27)28/h2-9H,10-12H2,1H3,(H,21,26). The second-order valence-corrected chi connectivity index (χ2v) is 5.99. The van der Waals surface area contributed by atoms with Crippen molar-refractivity contribution in [1.29, 1.82) is 0 Å². The molecule has 1 N–H and O–H groups in total. The molecule has 0 aliphatic heterocycles. The first-order valence-electron chi connectivity index (χ1n) is 8.43. The predicted molar refractivity (Wildman–Crippen MR) is 99.3 cm³/mol. The number of hydrogen-bond acceptors (Lipinski definition) is 6. The van der Waals surface area contributed by atoms with Gasteiger partial charge in [-0.3, -0.25) is 24.5 Å². The number of esters is 1. The zero-order valence-electron chi connectivity index (χ0n) is 15.5. The summed E-state index contributed by atoms with van der Waals surface area (Å²) in [5, 5.41) is 13.0. The Balaban J connectivity index is 1.78. The average Bonchev–Trinajstić information content (AvgIpc) is 2.71. The van der Waals surface area contributed by atoms with Gasteiger partial charge in [0.1, 0.15) is 12.4 Å². The highest BCUT2D eigenvalue weighted by Gasteiger charge is 2.16. The summed E-state index contributed by atoms with van der Waals surface area (Å²) in [6.45, 7) is -1.09. The first-order valence-corrected chi connectivity index (χ1v) is 8.43. The van der Waals surface area contributed by atoms with E-state index in [0.717, 1.165) is 6.07 Å². The van der Waals surface area contributed by atoms with Crippen LogP contribution in [0.15, 0.2) is 48.5 Å². The van der Waals surface area contributed by atoms with Gasteiger partial charge in [-0.2, -0.15) is 0 Å². The van der Waals surface area contributed by atoms with Crippen molar-refractivity contribution in [3.8, 4) is 0 Å². The molecule has 0 fully saturated rings. The van der Waals surface area contributed by atoms with Crippen LogP contribution in [0.4, 0.5) is 10.1 Å². The molecule has 0 unspecified atom stereocenters. The van der Waals surface area contributed by atoms with E-state index in [9.17, 15) is 28.9 Å². The molecule has 2 aromatic rings. The van der Waals surface area contributed by atoms with Crippen LogP contribution in [0.5, 0.6) is 0 Å². The van der Waals surface area contributed by atoms with Crippen molar-refractivity contribution in [1.82, 2.24) is 10.2 Å². The lowest BCUT2D eigenvalue weighted by Gasteiger charge is -2.17. The molecule has 0 aliphatic carbocycles. The number of carbonyl (C=O) groups is 3. The van der Waals surface area contributed by atoms with Crippen LogP contribution in [0.3, 0.4) is 0 Å². The van der Waals surface area contributed by atoms with Gasteiger partial charge in [-0.25, -0.2) is 4.39 Å². The highest BCUT2D eigenvalue weighted by atomic mass is 19.1. The number of likely N-dealkylation sites (N-methyl/N-ethyl adjacent to an activating group) is 1. The summed E-state index contributed by atoms with van der Waals surface area (Å²) in [7, 11) is 1.44. The van der Waals surface area contributed by atoms with E-state index in [4.69, 9.17) is 4.74 Å². The summed E-state index contributed by atoms with van der Waals surface area (Å²) in [5.74, 6) is -2.57. The third-order valence-corrected chi connectivity index (χ3v) is 3.86. The SMILES string of the molecule is CN(Cc1ccccc1F)C(=O)COC(=O)CNC(=O)c1cccc([N+](=O)[O-])c1. The molecule has 0 saturated carbocycles. The highest BCUT2D eigenvalue weighted by Crippen LogP contribution is 2.13. The molecule has 0 spiro atoms.